The summed E-state index contributed by atoms with van der Waals surface area (Å²) in [6.07, 6.45) is 1.48. The molecule has 1 N–H and O–H groups in total. The van der Waals surface area contributed by atoms with Gasteiger partial charge in [-0.2, -0.15) is 5.26 Å². The van der Waals surface area contributed by atoms with E-state index >= 15 is 0 Å². The van der Waals surface area contributed by atoms with Gasteiger partial charge in [0.05, 0.1) is 13.7 Å². The summed E-state index contributed by atoms with van der Waals surface area (Å²) in [6.45, 7) is 2.13. The third-order valence-corrected chi connectivity index (χ3v) is 3.83. The minimum atomic E-state index is -0.467. The molecule has 0 radical (unpaired) electrons. The molecule has 29 heavy (non-hydrogen) atoms. The van der Waals surface area contributed by atoms with Crippen molar-refractivity contribution < 1.29 is 23.8 Å². The zero-order valence-corrected chi connectivity index (χ0v) is 16.3. The van der Waals surface area contributed by atoms with Crippen molar-refractivity contribution in [2.45, 2.75) is 13.5 Å². The van der Waals surface area contributed by atoms with Crippen molar-refractivity contribution in [1.29, 1.82) is 5.26 Å². The largest absolute Gasteiger partial charge is 0.497 e. The number of rotatable bonds is 9. The van der Waals surface area contributed by atoms with E-state index in [1.54, 1.807) is 50.4 Å². The summed E-state index contributed by atoms with van der Waals surface area (Å²) in [7, 11) is 1.58. The third-order valence-electron chi connectivity index (χ3n) is 3.83. The summed E-state index contributed by atoms with van der Waals surface area (Å²) in [5.41, 5.74) is 1.53. The molecule has 0 heterocycles. The Bertz CT molecular complexity index is 896. The molecule has 150 valence electrons. The van der Waals surface area contributed by atoms with Crippen molar-refractivity contribution in [3.05, 3.63) is 65.2 Å². The Kier molecular flexibility index (Phi) is 8.27. The van der Waals surface area contributed by atoms with Crippen LogP contribution in [0.3, 0.4) is 0 Å². The van der Waals surface area contributed by atoms with Crippen molar-refractivity contribution >= 4 is 18.0 Å². The Hall–Kier alpha value is -3.79. The minimum absolute atomic E-state index is 0.0151. The molecular weight excluding hydrogens is 372 g/mol. The van der Waals surface area contributed by atoms with Gasteiger partial charge in [-0.1, -0.05) is 24.3 Å². The molecule has 0 spiro atoms. The standard InChI is InChI=1S/C22H22N2O5/c1-3-28-21(25)15-29-20-10-4-16(5-11-20)12-18(13-23)22(26)24-14-17-6-8-19(27-2)9-7-17/h4-12H,3,14-15H2,1-2H3,(H,24,26)/b18-12-. The second kappa shape index (κ2) is 11.1. The van der Waals surface area contributed by atoms with Gasteiger partial charge in [-0.3, -0.25) is 4.79 Å². The number of benzene rings is 2. The first-order valence-corrected chi connectivity index (χ1v) is 8.97. The smallest absolute Gasteiger partial charge is 0.344 e. The van der Waals surface area contributed by atoms with E-state index in [1.165, 1.54) is 6.08 Å². The highest BCUT2D eigenvalue weighted by Gasteiger charge is 2.09. The van der Waals surface area contributed by atoms with Crippen molar-refractivity contribution in [3.63, 3.8) is 0 Å². The second-order valence-corrected chi connectivity index (χ2v) is 5.86. The van der Waals surface area contributed by atoms with Crippen LogP contribution in [-0.2, 0) is 20.9 Å². The molecule has 0 saturated carbocycles. The average Bonchev–Trinajstić information content (AvgIpc) is 2.75. The molecule has 0 bridgehead atoms. The lowest BCUT2D eigenvalue weighted by molar-refractivity contribution is -0.145. The number of amides is 1. The second-order valence-electron chi connectivity index (χ2n) is 5.86. The number of carbonyl (C=O) groups is 2. The van der Waals surface area contributed by atoms with Crippen molar-refractivity contribution in [1.82, 2.24) is 5.32 Å². The van der Waals surface area contributed by atoms with Crippen LogP contribution in [0.15, 0.2) is 54.1 Å². The monoisotopic (exact) mass is 394 g/mol. The van der Waals surface area contributed by atoms with E-state index in [-0.39, 0.29) is 12.2 Å². The van der Waals surface area contributed by atoms with Crippen molar-refractivity contribution in [3.8, 4) is 17.6 Å². The summed E-state index contributed by atoms with van der Waals surface area (Å²) in [6, 6.07) is 15.9. The molecule has 0 unspecified atom stereocenters. The molecule has 7 nitrogen and oxygen atoms in total. The first-order chi connectivity index (χ1) is 14.0. The number of nitrogens with zero attached hydrogens (tertiary/aromatic N) is 1. The van der Waals surface area contributed by atoms with E-state index < -0.39 is 11.9 Å². The maximum atomic E-state index is 12.3. The normalized spacial score (nSPS) is 10.6. The van der Waals surface area contributed by atoms with Gasteiger partial charge >= 0.3 is 5.97 Å². The Morgan fingerprint density at radius 1 is 1.07 bits per heavy atom. The number of carbonyl (C=O) groups excluding carboxylic acids is 2. The van der Waals surface area contributed by atoms with Crippen LogP contribution in [0.5, 0.6) is 11.5 Å². The Morgan fingerprint density at radius 2 is 1.72 bits per heavy atom. The van der Waals surface area contributed by atoms with Crippen LogP contribution in [-0.4, -0.2) is 32.2 Å². The molecule has 0 atom stereocenters. The van der Waals surface area contributed by atoms with E-state index in [4.69, 9.17) is 14.2 Å². The molecule has 0 aliphatic rings. The fourth-order valence-electron chi connectivity index (χ4n) is 2.34. The van der Waals surface area contributed by atoms with Gasteiger partial charge in [0.1, 0.15) is 23.1 Å². The summed E-state index contributed by atoms with van der Waals surface area (Å²) in [5, 5.41) is 12.0. The van der Waals surface area contributed by atoms with Crippen LogP contribution < -0.4 is 14.8 Å². The van der Waals surface area contributed by atoms with Gasteiger partial charge in [0.25, 0.3) is 5.91 Å². The van der Waals surface area contributed by atoms with Crippen LogP contribution >= 0.6 is 0 Å². The summed E-state index contributed by atoms with van der Waals surface area (Å²) < 4.78 is 15.2. The first kappa shape index (κ1) is 21.5. The Balaban J connectivity index is 1.94. The van der Waals surface area contributed by atoms with Crippen molar-refractivity contribution in [2.75, 3.05) is 20.3 Å². The lowest BCUT2D eigenvalue weighted by Gasteiger charge is -2.07. The predicted molar refractivity (Wildman–Crippen MR) is 107 cm³/mol. The van der Waals surface area contributed by atoms with E-state index in [2.05, 4.69) is 5.32 Å². The molecule has 0 fully saturated rings. The van der Waals surface area contributed by atoms with Crippen LogP contribution in [0, 0.1) is 11.3 Å². The average molecular weight is 394 g/mol. The number of nitrogens with one attached hydrogen (secondary N) is 1. The topological polar surface area (TPSA) is 97.7 Å². The van der Waals surface area contributed by atoms with Gasteiger partial charge < -0.3 is 19.5 Å². The number of hydrogen-bond acceptors (Lipinski definition) is 6. The van der Waals surface area contributed by atoms with E-state index in [1.807, 2.05) is 18.2 Å². The molecule has 0 aliphatic heterocycles. The first-order valence-electron chi connectivity index (χ1n) is 8.97. The number of hydrogen-bond donors (Lipinski definition) is 1. The van der Waals surface area contributed by atoms with Gasteiger partial charge in [0.2, 0.25) is 0 Å². The zero-order chi connectivity index (χ0) is 21.1. The maximum Gasteiger partial charge on any atom is 0.344 e. The van der Waals surface area contributed by atoms with Gasteiger partial charge in [0, 0.05) is 6.54 Å². The fraction of sp³-hybridized carbons (Fsp3) is 0.227. The fourth-order valence-corrected chi connectivity index (χ4v) is 2.34. The van der Waals surface area contributed by atoms with Gasteiger partial charge in [-0.15, -0.1) is 0 Å². The van der Waals surface area contributed by atoms with Crippen LogP contribution in [0.25, 0.3) is 6.08 Å². The quantitative estimate of drug-likeness (QED) is 0.399. The summed E-state index contributed by atoms with van der Waals surface area (Å²) >= 11 is 0. The predicted octanol–water partition coefficient (Wildman–Crippen LogP) is 2.86. The summed E-state index contributed by atoms with van der Waals surface area (Å²) in [5.74, 6) is 0.299. The highest BCUT2D eigenvalue weighted by atomic mass is 16.6. The SMILES string of the molecule is CCOC(=O)COc1ccc(/C=C(/C#N)C(=O)NCc2ccc(OC)cc2)cc1. The van der Waals surface area contributed by atoms with E-state index in [0.29, 0.717) is 24.5 Å². The summed E-state index contributed by atoms with van der Waals surface area (Å²) in [4.78, 5) is 23.6. The molecule has 1 amide bonds. The molecule has 0 saturated heterocycles. The molecule has 2 rings (SSSR count). The van der Waals surface area contributed by atoms with Gasteiger partial charge in [-0.05, 0) is 48.4 Å². The molecule has 7 heteroatoms. The number of methoxy groups -OCH3 is 1. The van der Waals surface area contributed by atoms with Gasteiger partial charge in [0.15, 0.2) is 6.61 Å². The number of esters is 1. The molecule has 2 aromatic rings. The molecule has 0 aliphatic carbocycles. The minimum Gasteiger partial charge on any atom is -0.497 e. The lowest BCUT2D eigenvalue weighted by Crippen LogP contribution is -2.23. The van der Waals surface area contributed by atoms with Crippen LogP contribution in [0.1, 0.15) is 18.1 Å². The third kappa shape index (κ3) is 7.03. The number of nitriles is 1. The van der Waals surface area contributed by atoms with E-state index in [0.717, 1.165) is 11.3 Å². The lowest BCUT2D eigenvalue weighted by atomic mass is 10.1. The van der Waals surface area contributed by atoms with Gasteiger partial charge in [-0.25, -0.2) is 4.79 Å². The molecule has 2 aromatic carbocycles. The zero-order valence-electron chi connectivity index (χ0n) is 16.3. The highest BCUT2D eigenvalue weighted by molar-refractivity contribution is 6.01. The highest BCUT2D eigenvalue weighted by Crippen LogP contribution is 2.15. The van der Waals surface area contributed by atoms with E-state index in [9.17, 15) is 14.9 Å². The molecular formula is C22H22N2O5. The molecule has 0 aromatic heterocycles. The Morgan fingerprint density at radius 3 is 2.31 bits per heavy atom. The van der Waals surface area contributed by atoms with Crippen molar-refractivity contribution in [2.24, 2.45) is 0 Å². The number of ether oxygens (including phenoxy) is 3. The van der Waals surface area contributed by atoms with Crippen LogP contribution in [0.2, 0.25) is 0 Å². The maximum absolute atomic E-state index is 12.3. The van der Waals surface area contributed by atoms with Crippen LogP contribution in [0.4, 0.5) is 0 Å². The Labute approximate surface area is 169 Å².